The summed E-state index contributed by atoms with van der Waals surface area (Å²) in [6, 6.07) is 48.0. The fraction of sp³-hybridized carbons (Fsp3) is 0.0909. The van der Waals surface area contributed by atoms with Crippen molar-refractivity contribution < 1.29 is 8.83 Å². The van der Waals surface area contributed by atoms with Gasteiger partial charge >= 0.3 is 6.71 Å². The van der Waals surface area contributed by atoms with Crippen LogP contribution in [0.5, 0.6) is 0 Å². The van der Waals surface area contributed by atoms with Gasteiger partial charge < -0.3 is 13.7 Å². The van der Waals surface area contributed by atoms with E-state index in [0.717, 1.165) is 61.7 Å². The number of rotatable bonds is 2. The molecule has 0 saturated heterocycles. The summed E-state index contributed by atoms with van der Waals surface area (Å²) in [5.41, 5.74) is 16.9. The van der Waals surface area contributed by atoms with E-state index < -0.39 is 0 Å². The van der Waals surface area contributed by atoms with Crippen molar-refractivity contribution in [1.29, 1.82) is 0 Å². The van der Waals surface area contributed by atoms with E-state index in [2.05, 4.69) is 164 Å². The minimum Gasteiger partial charge on any atom is -0.468 e. The van der Waals surface area contributed by atoms with E-state index >= 15 is 0 Å². The molecule has 1 aliphatic carbocycles. The van der Waals surface area contributed by atoms with Crippen LogP contribution in [0, 0.1) is 6.92 Å². The molecular formula is C44H31BN2O2. The van der Waals surface area contributed by atoms with Crippen LogP contribution in [0.15, 0.2) is 142 Å². The summed E-state index contributed by atoms with van der Waals surface area (Å²) in [6.45, 7) is 6.72. The van der Waals surface area contributed by atoms with Crippen LogP contribution in [0.1, 0.15) is 30.5 Å². The summed E-state index contributed by atoms with van der Waals surface area (Å²) in [7, 11) is 0. The molecule has 49 heavy (non-hydrogen) atoms. The first kappa shape index (κ1) is 27.1. The third kappa shape index (κ3) is 3.44. The molecule has 0 N–H and O–H groups in total. The molecule has 8 aromatic rings. The zero-order valence-electron chi connectivity index (χ0n) is 27.5. The van der Waals surface area contributed by atoms with Gasteiger partial charge in [0.05, 0.1) is 11.3 Å². The van der Waals surface area contributed by atoms with Gasteiger partial charge in [0.1, 0.15) is 11.2 Å². The van der Waals surface area contributed by atoms with Crippen molar-refractivity contribution in [3.63, 3.8) is 0 Å². The highest BCUT2D eigenvalue weighted by Crippen LogP contribution is 2.53. The molecule has 0 radical (unpaired) electrons. The Morgan fingerprint density at radius 1 is 0.551 bits per heavy atom. The minimum atomic E-state index is -0.165. The van der Waals surface area contributed by atoms with Crippen molar-refractivity contribution in [2.24, 2.45) is 0 Å². The highest BCUT2D eigenvalue weighted by molar-refractivity contribution is 7.01. The Labute approximate surface area is 284 Å². The molecular weight excluding hydrogens is 599 g/mol. The Balaban J connectivity index is 1.29. The van der Waals surface area contributed by atoms with Crippen molar-refractivity contribution >= 4 is 79.6 Å². The number of nitrogens with zero attached hydrogens (tertiary/aromatic N) is 2. The normalized spacial score (nSPS) is 14.9. The van der Waals surface area contributed by atoms with Crippen LogP contribution in [-0.4, -0.2) is 6.71 Å². The summed E-state index contributed by atoms with van der Waals surface area (Å²) in [5.74, 6) is 0.846. The summed E-state index contributed by atoms with van der Waals surface area (Å²) < 4.78 is 14.1. The van der Waals surface area contributed by atoms with Crippen molar-refractivity contribution in [3.8, 4) is 11.1 Å². The summed E-state index contributed by atoms with van der Waals surface area (Å²) in [6.07, 6.45) is 0. The predicted octanol–water partition coefficient (Wildman–Crippen LogP) is 9.88. The SMILES string of the molecule is Cc1cc2c3c(c1)N(c1ccccc1)c1c(oc4cc5c(cc14)C(C)(C)c1ccccc1-5)B3c1c(oc3ccccc13)N2c1ccccc1. The Hall–Kier alpha value is -5.94. The molecule has 11 rings (SSSR count). The lowest BCUT2D eigenvalue weighted by Crippen LogP contribution is -2.60. The van der Waals surface area contributed by atoms with Gasteiger partial charge in [-0.2, -0.15) is 0 Å². The van der Waals surface area contributed by atoms with Gasteiger partial charge in [-0.05, 0) is 94.8 Å². The molecule has 232 valence electrons. The molecule has 0 unspecified atom stereocenters. The minimum absolute atomic E-state index is 0.132. The first-order chi connectivity index (χ1) is 24.0. The lowest BCUT2D eigenvalue weighted by molar-refractivity contribution is 0.622. The van der Waals surface area contributed by atoms with E-state index in [1.54, 1.807) is 0 Å². The second-order valence-electron chi connectivity index (χ2n) is 14.2. The second kappa shape index (κ2) is 9.36. The van der Waals surface area contributed by atoms with Crippen molar-refractivity contribution in [1.82, 2.24) is 0 Å². The molecule has 0 fully saturated rings. The van der Waals surface area contributed by atoms with Crippen LogP contribution in [0.2, 0.25) is 0 Å². The van der Waals surface area contributed by atoms with Crippen molar-refractivity contribution in [3.05, 3.63) is 150 Å². The lowest BCUT2D eigenvalue weighted by atomic mass is 9.35. The zero-order valence-corrected chi connectivity index (χ0v) is 27.5. The highest BCUT2D eigenvalue weighted by atomic mass is 16.4. The number of benzene rings is 6. The molecule has 4 heterocycles. The molecule has 0 atom stereocenters. The van der Waals surface area contributed by atoms with Gasteiger partial charge in [-0.15, -0.1) is 0 Å². The Morgan fingerprint density at radius 2 is 1.20 bits per heavy atom. The molecule has 6 aromatic carbocycles. The monoisotopic (exact) mass is 630 g/mol. The average molecular weight is 631 g/mol. The lowest BCUT2D eigenvalue weighted by Gasteiger charge is -2.40. The Bertz CT molecular complexity index is 2670. The van der Waals surface area contributed by atoms with Crippen molar-refractivity contribution in [2.45, 2.75) is 26.2 Å². The van der Waals surface area contributed by atoms with E-state index in [0.29, 0.717) is 0 Å². The first-order valence-electron chi connectivity index (χ1n) is 17.1. The van der Waals surface area contributed by atoms with Gasteiger partial charge in [0.15, 0.2) is 0 Å². The number of hydrogen-bond acceptors (Lipinski definition) is 4. The fourth-order valence-corrected chi connectivity index (χ4v) is 8.96. The van der Waals surface area contributed by atoms with E-state index in [1.165, 1.54) is 39.0 Å². The maximum atomic E-state index is 7.24. The van der Waals surface area contributed by atoms with Crippen LogP contribution in [0.3, 0.4) is 0 Å². The highest BCUT2D eigenvalue weighted by Gasteiger charge is 2.49. The molecule has 0 saturated carbocycles. The molecule has 4 nitrogen and oxygen atoms in total. The molecule has 2 aliphatic heterocycles. The fourth-order valence-electron chi connectivity index (χ4n) is 8.96. The molecule has 5 heteroatoms. The van der Waals surface area contributed by atoms with Gasteiger partial charge in [-0.25, -0.2) is 0 Å². The molecule has 0 spiro atoms. The van der Waals surface area contributed by atoms with Gasteiger partial charge in [0.2, 0.25) is 5.88 Å². The van der Waals surface area contributed by atoms with Crippen LogP contribution < -0.4 is 26.4 Å². The standard InChI is InChI=1S/C44H31BN2O2/c1-26-22-35-40-36(23-26)47(28-16-8-5-9-17-28)43-39(30-19-11-13-21-37(30)49-43)45(40)42-41(46(35)27-14-6-4-7-15-27)32-24-34-31(25-38(32)48-42)29-18-10-12-20-33(29)44(34,2)3/h4-25H,1-3H3. The summed E-state index contributed by atoms with van der Waals surface area (Å²) >= 11 is 0. The number of anilines is 6. The van der Waals surface area contributed by atoms with E-state index in [1.807, 2.05) is 0 Å². The van der Waals surface area contributed by atoms with Crippen molar-refractivity contribution in [2.75, 3.05) is 9.80 Å². The largest absolute Gasteiger partial charge is 0.468 e. The van der Waals surface area contributed by atoms with Crippen LogP contribution >= 0.6 is 0 Å². The van der Waals surface area contributed by atoms with Crippen LogP contribution in [-0.2, 0) is 5.41 Å². The van der Waals surface area contributed by atoms with E-state index in [9.17, 15) is 0 Å². The maximum absolute atomic E-state index is 7.24. The third-order valence-corrected chi connectivity index (χ3v) is 11.1. The molecule has 0 amide bonds. The number of fused-ring (bicyclic) bond motifs is 11. The summed E-state index contributed by atoms with van der Waals surface area (Å²) in [5, 5.41) is 2.24. The Kier molecular flexibility index (Phi) is 5.17. The Morgan fingerprint density at radius 3 is 1.98 bits per heavy atom. The van der Waals surface area contributed by atoms with Gasteiger partial charge in [-0.3, -0.25) is 4.90 Å². The average Bonchev–Trinajstić information content (AvgIpc) is 3.76. The number of furan rings is 2. The maximum Gasteiger partial charge on any atom is 0.302 e. The quantitative estimate of drug-likeness (QED) is 0.178. The first-order valence-corrected chi connectivity index (χ1v) is 17.1. The molecule has 3 aliphatic rings. The smallest absolute Gasteiger partial charge is 0.302 e. The van der Waals surface area contributed by atoms with Gasteiger partial charge in [0, 0.05) is 44.4 Å². The number of hydrogen-bond donors (Lipinski definition) is 0. The number of para-hydroxylation sites is 3. The van der Waals surface area contributed by atoms with Crippen LogP contribution in [0.4, 0.5) is 34.3 Å². The predicted molar refractivity (Wildman–Crippen MR) is 202 cm³/mol. The van der Waals surface area contributed by atoms with Gasteiger partial charge in [-0.1, -0.05) is 92.7 Å². The summed E-state index contributed by atoms with van der Waals surface area (Å²) in [4.78, 5) is 4.75. The molecule has 2 aromatic heterocycles. The molecule has 0 bridgehead atoms. The van der Waals surface area contributed by atoms with E-state index in [4.69, 9.17) is 8.83 Å². The topological polar surface area (TPSA) is 32.8 Å². The number of aryl methyl sites for hydroxylation is 1. The van der Waals surface area contributed by atoms with Crippen LogP contribution in [0.25, 0.3) is 33.1 Å². The zero-order chi connectivity index (χ0) is 32.6. The third-order valence-electron chi connectivity index (χ3n) is 11.1. The van der Waals surface area contributed by atoms with Gasteiger partial charge in [0.25, 0.3) is 0 Å². The second-order valence-corrected chi connectivity index (χ2v) is 14.2. The van der Waals surface area contributed by atoms with E-state index in [-0.39, 0.29) is 12.1 Å².